The van der Waals surface area contributed by atoms with Crippen LogP contribution in [0.4, 0.5) is 5.69 Å². The number of aliphatic imine (C=N–C) groups is 2. The molecule has 5 heteroatoms. The zero-order valence-corrected chi connectivity index (χ0v) is 12.8. The summed E-state index contributed by atoms with van der Waals surface area (Å²) in [5.74, 6) is 0.770. The maximum absolute atomic E-state index is 4.48. The molecule has 0 fully saturated rings. The Labute approximate surface area is 134 Å². The first-order chi connectivity index (χ1) is 11.3. The van der Waals surface area contributed by atoms with Crippen molar-refractivity contribution in [2.24, 2.45) is 9.98 Å². The number of hydrogen-bond donors (Lipinski definition) is 1. The van der Waals surface area contributed by atoms with E-state index in [4.69, 9.17) is 0 Å². The van der Waals surface area contributed by atoms with Gasteiger partial charge >= 0.3 is 0 Å². The van der Waals surface area contributed by atoms with Crippen LogP contribution in [0.5, 0.6) is 0 Å². The highest BCUT2D eigenvalue weighted by atomic mass is 15.1. The van der Waals surface area contributed by atoms with Gasteiger partial charge in [0.2, 0.25) is 0 Å². The lowest BCUT2D eigenvalue weighted by Crippen LogP contribution is -2.06. The van der Waals surface area contributed by atoms with Gasteiger partial charge in [-0.1, -0.05) is 18.2 Å². The summed E-state index contributed by atoms with van der Waals surface area (Å²) in [6.45, 7) is 5.25. The number of aromatic nitrogens is 2. The molecule has 0 bridgehead atoms. The van der Waals surface area contributed by atoms with Crippen LogP contribution >= 0.6 is 0 Å². The summed E-state index contributed by atoms with van der Waals surface area (Å²) in [6.07, 6.45) is 4.97. The first kappa shape index (κ1) is 14.7. The molecule has 0 saturated heterocycles. The molecule has 0 aliphatic rings. The van der Waals surface area contributed by atoms with E-state index < -0.39 is 0 Å². The van der Waals surface area contributed by atoms with Crippen LogP contribution in [0.1, 0.15) is 6.92 Å². The molecule has 2 aromatic carbocycles. The summed E-state index contributed by atoms with van der Waals surface area (Å²) in [6, 6.07) is 16.2. The van der Waals surface area contributed by atoms with Gasteiger partial charge in [-0.15, -0.1) is 0 Å². The standard InChI is InChI=1S/C18H17N5/c1-14(20-11-10-19-2)22-15-8-9-18-17(12-15)21-13-23(18)16-6-4-3-5-7-16/h3-13H,2H2,1H3,(H,20,22). The number of amidine groups is 1. The maximum atomic E-state index is 4.48. The second-order valence-corrected chi connectivity index (χ2v) is 4.97. The van der Waals surface area contributed by atoms with Crippen molar-refractivity contribution >= 4 is 29.3 Å². The molecule has 1 N–H and O–H groups in total. The van der Waals surface area contributed by atoms with Crippen LogP contribution in [0.15, 0.2) is 77.2 Å². The molecule has 0 unspecified atom stereocenters. The number of fused-ring (bicyclic) bond motifs is 1. The highest BCUT2D eigenvalue weighted by Crippen LogP contribution is 2.21. The van der Waals surface area contributed by atoms with Crippen LogP contribution in [-0.4, -0.2) is 22.1 Å². The Morgan fingerprint density at radius 3 is 2.78 bits per heavy atom. The quantitative estimate of drug-likeness (QED) is 0.584. The van der Waals surface area contributed by atoms with E-state index in [9.17, 15) is 0 Å². The van der Waals surface area contributed by atoms with Crippen LogP contribution in [-0.2, 0) is 0 Å². The normalized spacial score (nSPS) is 12.0. The molecular weight excluding hydrogens is 286 g/mol. The fourth-order valence-electron chi connectivity index (χ4n) is 2.32. The van der Waals surface area contributed by atoms with Gasteiger partial charge in [0.15, 0.2) is 0 Å². The third kappa shape index (κ3) is 3.35. The van der Waals surface area contributed by atoms with E-state index in [0.717, 1.165) is 28.2 Å². The van der Waals surface area contributed by atoms with E-state index in [1.165, 1.54) is 6.20 Å². The van der Waals surface area contributed by atoms with Crippen molar-refractivity contribution in [1.29, 1.82) is 0 Å². The van der Waals surface area contributed by atoms with Gasteiger partial charge in [-0.05, 0) is 44.0 Å². The van der Waals surface area contributed by atoms with E-state index in [-0.39, 0.29) is 0 Å². The van der Waals surface area contributed by atoms with E-state index in [1.807, 2.05) is 49.6 Å². The third-order valence-corrected chi connectivity index (χ3v) is 3.35. The van der Waals surface area contributed by atoms with Crippen molar-refractivity contribution in [3.63, 3.8) is 0 Å². The van der Waals surface area contributed by atoms with Gasteiger partial charge in [-0.2, -0.15) is 0 Å². The number of nitrogens with zero attached hydrogens (tertiary/aromatic N) is 4. The Bertz CT molecular complexity index is 875. The number of nitrogens with one attached hydrogen (secondary N) is 1. The Morgan fingerprint density at radius 1 is 1.17 bits per heavy atom. The van der Waals surface area contributed by atoms with E-state index >= 15 is 0 Å². The summed E-state index contributed by atoms with van der Waals surface area (Å²) in [5.41, 5.74) is 4.02. The van der Waals surface area contributed by atoms with Gasteiger partial charge in [0.05, 0.1) is 11.0 Å². The van der Waals surface area contributed by atoms with Crippen LogP contribution in [0.25, 0.3) is 16.7 Å². The predicted octanol–water partition coefficient (Wildman–Crippen LogP) is 4.03. The molecule has 114 valence electrons. The molecule has 1 aromatic heterocycles. The second kappa shape index (κ2) is 6.70. The molecule has 0 amide bonds. The summed E-state index contributed by atoms with van der Waals surface area (Å²) in [5, 5.41) is 3.23. The zero-order chi connectivity index (χ0) is 16.1. The van der Waals surface area contributed by atoms with Gasteiger partial charge in [-0.3, -0.25) is 9.56 Å². The van der Waals surface area contributed by atoms with E-state index in [1.54, 1.807) is 6.20 Å². The zero-order valence-electron chi connectivity index (χ0n) is 12.8. The predicted molar refractivity (Wildman–Crippen MR) is 96.5 cm³/mol. The van der Waals surface area contributed by atoms with Crippen LogP contribution in [0, 0.1) is 0 Å². The SMILES string of the molecule is C=NC=CN=C(C)Nc1ccc2c(c1)ncn2-c1ccccc1. The molecule has 0 radical (unpaired) electrons. The monoisotopic (exact) mass is 303 g/mol. The fourth-order valence-corrected chi connectivity index (χ4v) is 2.32. The lowest BCUT2D eigenvalue weighted by Gasteiger charge is -2.06. The molecule has 23 heavy (non-hydrogen) atoms. The van der Waals surface area contributed by atoms with Gasteiger partial charge in [0, 0.05) is 23.8 Å². The summed E-state index contributed by atoms with van der Waals surface area (Å²) in [4.78, 5) is 12.3. The van der Waals surface area contributed by atoms with E-state index in [0.29, 0.717) is 0 Å². The Balaban J connectivity index is 1.88. The minimum absolute atomic E-state index is 0.770. The smallest absolute Gasteiger partial charge is 0.103 e. The topological polar surface area (TPSA) is 54.6 Å². The van der Waals surface area contributed by atoms with E-state index in [2.05, 4.69) is 43.7 Å². The number of anilines is 1. The van der Waals surface area contributed by atoms with Gasteiger partial charge in [-0.25, -0.2) is 9.98 Å². The first-order valence-electron chi connectivity index (χ1n) is 7.23. The minimum Gasteiger partial charge on any atom is -0.344 e. The molecule has 3 rings (SSSR count). The number of hydrogen-bond acceptors (Lipinski definition) is 3. The molecule has 0 atom stereocenters. The Kier molecular flexibility index (Phi) is 4.29. The van der Waals surface area contributed by atoms with Crippen LogP contribution < -0.4 is 5.32 Å². The van der Waals surface area contributed by atoms with Crippen molar-refractivity contribution in [2.75, 3.05) is 5.32 Å². The molecule has 0 spiro atoms. The number of para-hydroxylation sites is 1. The minimum atomic E-state index is 0.770. The summed E-state index contributed by atoms with van der Waals surface area (Å²) < 4.78 is 2.07. The lowest BCUT2D eigenvalue weighted by atomic mass is 10.2. The first-order valence-corrected chi connectivity index (χ1v) is 7.23. The molecule has 5 nitrogen and oxygen atoms in total. The fraction of sp³-hybridized carbons (Fsp3) is 0.0556. The van der Waals surface area contributed by atoms with Gasteiger partial charge in [0.25, 0.3) is 0 Å². The molecule has 0 aliphatic carbocycles. The molecule has 0 aliphatic heterocycles. The number of imidazole rings is 1. The second-order valence-electron chi connectivity index (χ2n) is 4.97. The summed E-state index contributed by atoms with van der Waals surface area (Å²) >= 11 is 0. The average molecular weight is 303 g/mol. The van der Waals surface area contributed by atoms with Crippen LogP contribution in [0.2, 0.25) is 0 Å². The average Bonchev–Trinajstić information content (AvgIpc) is 2.99. The van der Waals surface area contributed by atoms with Crippen molar-refractivity contribution in [1.82, 2.24) is 9.55 Å². The molecular formula is C18H17N5. The number of rotatable bonds is 4. The highest BCUT2D eigenvalue weighted by Gasteiger charge is 2.05. The van der Waals surface area contributed by atoms with Crippen molar-refractivity contribution in [2.45, 2.75) is 6.92 Å². The Morgan fingerprint density at radius 2 is 2.00 bits per heavy atom. The van der Waals surface area contributed by atoms with Crippen molar-refractivity contribution in [3.05, 3.63) is 67.3 Å². The molecule has 3 aromatic rings. The lowest BCUT2D eigenvalue weighted by molar-refractivity contribution is 1.09. The van der Waals surface area contributed by atoms with Crippen LogP contribution in [0.3, 0.4) is 0 Å². The highest BCUT2D eigenvalue weighted by molar-refractivity contribution is 5.95. The number of benzene rings is 2. The summed E-state index contributed by atoms with van der Waals surface area (Å²) in [7, 11) is 0. The maximum Gasteiger partial charge on any atom is 0.103 e. The largest absolute Gasteiger partial charge is 0.344 e. The molecule has 1 heterocycles. The van der Waals surface area contributed by atoms with Crippen molar-refractivity contribution in [3.8, 4) is 5.69 Å². The van der Waals surface area contributed by atoms with Gasteiger partial charge in [0.1, 0.15) is 12.2 Å². The van der Waals surface area contributed by atoms with Crippen molar-refractivity contribution < 1.29 is 0 Å². The van der Waals surface area contributed by atoms with Gasteiger partial charge < -0.3 is 5.32 Å². The third-order valence-electron chi connectivity index (χ3n) is 3.35. The molecule has 0 saturated carbocycles. The Hall–Kier alpha value is -3.21.